The van der Waals surface area contributed by atoms with Crippen LogP contribution < -0.4 is 10.1 Å². The number of benzene rings is 2. The maximum atomic E-state index is 5.92. The smallest absolute Gasteiger partial charge is 0.161 e. The minimum Gasteiger partial charge on any atom is -0.489 e. The molecule has 0 fully saturated rings. The van der Waals surface area contributed by atoms with E-state index in [1.807, 2.05) is 67.6 Å². The molecule has 2 aromatic heterocycles. The summed E-state index contributed by atoms with van der Waals surface area (Å²) in [6, 6.07) is 23.9. The van der Waals surface area contributed by atoms with Gasteiger partial charge in [-0.1, -0.05) is 42.5 Å². The molecular formula is C24H22N4O. The molecule has 5 heteroatoms. The number of ether oxygens (including phenoxy) is 1. The number of nitrogens with one attached hydrogen (secondary N) is 1. The first kappa shape index (κ1) is 18.6. The molecule has 2 aromatic carbocycles. The van der Waals surface area contributed by atoms with Crippen LogP contribution in [0.3, 0.4) is 0 Å². The zero-order valence-electron chi connectivity index (χ0n) is 16.2. The molecule has 0 bridgehead atoms. The molecule has 0 saturated heterocycles. The number of hydrogen-bond donors (Lipinski definition) is 1. The second kappa shape index (κ2) is 8.97. The number of anilines is 1. The van der Waals surface area contributed by atoms with E-state index >= 15 is 0 Å². The fourth-order valence-electron chi connectivity index (χ4n) is 3.02. The summed E-state index contributed by atoms with van der Waals surface area (Å²) in [5.41, 5.74) is 4.17. The van der Waals surface area contributed by atoms with Crippen molar-refractivity contribution in [3.8, 4) is 17.1 Å². The highest BCUT2D eigenvalue weighted by Gasteiger charge is 2.07. The molecule has 0 aliphatic carbocycles. The van der Waals surface area contributed by atoms with Crippen molar-refractivity contribution in [2.45, 2.75) is 20.1 Å². The molecule has 4 rings (SSSR count). The highest BCUT2D eigenvalue weighted by molar-refractivity contribution is 5.56. The van der Waals surface area contributed by atoms with Gasteiger partial charge in [0.2, 0.25) is 0 Å². The van der Waals surface area contributed by atoms with Crippen molar-refractivity contribution in [3.05, 3.63) is 102 Å². The van der Waals surface area contributed by atoms with E-state index in [1.165, 1.54) is 5.56 Å². The number of hydrogen-bond acceptors (Lipinski definition) is 5. The van der Waals surface area contributed by atoms with Gasteiger partial charge in [-0.05, 0) is 42.3 Å². The monoisotopic (exact) mass is 382 g/mol. The fraction of sp³-hybridized carbons (Fsp3) is 0.125. The molecule has 0 radical (unpaired) electrons. The summed E-state index contributed by atoms with van der Waals surface area (Å²) in [6.45, 7) is 3.15. The quantitative estimate of drug-likeness (QED) is 0.485. The van der Waals surface area contributed by atoms with E-state index in [4.69, 9.17) is 4.74 Å². The maximum Gasteiger partial charge on any atom is 0.161 e. The third-order valence-corrected chi connectivity index (χ3v) is 4.51. The molecule has 2 heterocycles. The number of para-hydroxylation sites is 1. The summed E-state index contributed by atoms with van der Waals surface area (Å²) >= 11 is 0. The van der Waals surface area contributed by atoms with Gasteiger partial charge in [0.25, 0.3) is 0 Å². The van der Waals surface area contributed by atoms with Gasteiger partial charge < -0.3 is 10.1 Å². The first-order valence-corrected chi connectivity index (χ1v) is 9.52. The zero-order chi connectivity index (χ0) is 19.9. The average molecular weight is 382 g/mol. The molecule has 0 unspecified atom stereocenters. The Kier molecular flexibility index (Phi) is 5.76. The summed E-state index contributed by atoms with van der Waals surface area (Å²) < 4.78 is 5.92. The highest BCUT2D eigenvalue weighted by Crippen LogP contribution is 2.19. The summed E-state index contributed by atoms with van der Waals surface area (Å²) in [7, 11) is 0. The van der Waals surface area contributed by atoms with Gasteiger partial charge in [-0.3, -0.25) is 4.98 Å². The van der Waals surface area contributed by atoms with Crippen molar-refractivity contribution in [1.82, 2.24) is 15.0 Å². The first-order valence-electron chi connectivity index (χ1n) is 9.52. The molecule has 0 aliphatic heterocycles. The van der Waals surface area contributed by atoms with Crippen LogP contribution in [0.2, 0.25) is 0 Å². The number of aryl methyl sites for hydroxylation is 1. The Bertz CT molecular complexity index is 1070. The summed E-state index contributed by atoms with van der Waals surface area (Å²) in [6.07, 6.45) is 3.49. The predicted octanol–water partition coefficient (Wildman–Crippen LogP) is 5.04. The molecule has 0 spiro atoms. The Labute approximate surface area is 170 Å². The normalized spacial score (nSPS) is 10.5. The minimum absolute atomic E-state index is 0.521. The van der Waals surface area contributed by atoms with Gasteiger partial charge in [-0.15, -0.1) is 0 Å². The van der Waals surface area contributed by atoms with Crippen LogP contribution in [0.25, 0.3) is 11.4 Å². The molecule has 0 amide bonds. The number of pyridine rings is 1. The van der Waals surface area contributed by atoms with Gasteiger partial charge in [0.15, 0.2) is 5.82 Å². The van der Waals surface area contributed by atoms with Crippen LogP contribution in [0.1, 0.15) is 16.8 Å². The van der Waals surface area contributed by atoms with Crippen LogP contribution in [0.15, 0.2) is 85.2 Å². The molecule has 0 aliphatic rings. The molecule has 29 heavy (non-hydrogen) atoms. The van der Waals surface area contributed by atoms with Crippen LogP contribution in [-0.4, -0.2) is 15.0 Å². The third-order valence-electron chi connectivity index (χ3n) is 4.51. The third kappa shape index (κ3) is 4.96. The van der Waals surface area contributed by atoms with Gasteiger partial charge in [-0.2, -0.15) is 0 Å². The van der Waals surface area contributed by atoms with Gasteiger partial charge in [-0.25, -0.2) is 9.97 Å². The lowest BCUT2D eigenvalue weighted by molar-refractivity contribution is 0.305. The second-order valence-electron chi connectivity index (χ2n) is 6.68. The van der Waals surface area contributed by atoms with Gasteiger partial charge >= 0.3 is 0 Å². The van der Waals surface area contributed by atoms with E-state index < -0.39 is 0 Å². The van der Waals surface area contributed by atoms with E-state index in [1.54, 1.807) is 12.4 Å². The molecule has 0 saturated carbocycles. The van der Waals surface area contributed by atoms with E-state index in [9.17, 15) is 0 Å². The van der Waals surface area contributed by atoms with E-state index in [-0.39, 0.29) is 0 Å². The van der Waals surface area contributed by atoms with Crippen LogP contribution in [0.5, 0.6) is 5.75 Å². The van der Waals surface area contributed by atoms with Crippen LogP contribution in [0.4, 0.5) is 5.82 Å². The Morgan fingerprint density at radius 2 is 1.55 bits per heavy atom. The fourth-order valence-corrected chi connectivity index (χ4v) is 3.02. The average Bonchev–Trinajstić information content (AvgIpc) is 2.78. The molecule has 0 atom stereocenters. The standard InChI is InChI=1S/C24H22N4O/c1-18-15-23(28-24(27-18)19-11-13-25-14-12-19)26-16-20-7-5-6-8-21(20)17-29-22-9-3-2-4-10-22/h2-15H,16-17H2,1H3,(H,26,27,28). The highest BCUT2D eigenvalue weighted by atomic mass is 16.5. The topological polar surface area (TPSA) is 59.9 Å². The molecule has 144 valence electrons. The predicted molar refractivity (Wildman–Crippen MR) is 115 cm³/mol. The van der Waals surface area contributed by atoms with E-state index in [0.717, 1.165) is 28.4 Å². The van der Waals surface area contributed by atoms with Crippen LogP contribution in [0, 0.1) is 6.92 Å². The van der Waals surface area contributed by atoms with Crippen molar-refractivity contribution in [2.75, 3.05) is 5.32 Å². The van der Waals surface area contributed by atoms with Crippen LogP contribution >= 0.6 is 0 Å². The molecular weight excluding hydrogens is 360 g/mol. The van der Waals surface area contributed by atoms with Crippen molar-refractivity contribution in [1.29, 1.82) is 0 Å². The van der Waals surface area contributed by atoms with Crippen molar-refractivity contribution in [3.63, 3.8) is 0 Å². The number of aromatic nitrogens is 3. The molecule has 4 aromatic rings. The van der Waals surface area contributed by atoms with Gasteiger partial charge in [0, 0.05) is 36.3 Å². The SMILES string of the molecule is Cc1cc(NCc2ccccc2COc2ccccc2)nc(-c2ccncc2)n1. The first-order chi connectivity index (χ1) is 14.3. The van der Waals surface area contributed by atoms with Crippen molar-refractivity contribution in [2.24, 2.45) is 0 Å². The largest absolute Gasteiger partial charge is 0.489 e. The Hall–Kier alpha value is -3.73. The Balaban J connectivity index is 1.47. The number of nitrogens with zero attached hydrogens (tertiary/aromatic N) is 3. The lowest BCUT2D eigenvalue weighted by atomic mass is 10.1. The second-order valence-corrected chi connectivity index (χ2v) is 6.68. The minimum atomic E-state index is 0.521. The van der Waals surface area contributed by atoms with E-state index in [0.29, 0.717) is 19.0 Å². The Morgan fingerprint density at radius 3 is 2.34 bits per heavy atom. The zero-order valence-corrected chi connectivity index (χ0v) is 16.2. The Morgan fingerprint density at radius 1 is 0.828 bits per heavy atom. The van der Waals surface area contributed by atoms with Gasteiger partial charge in [0.1, 0.15) is 18.2 Å². The van der Waals surface area contributed by atoms with Crippen molar-refractivity contribution >= 4 is 5.82 Å². The van der Waals surface area contributed by atoms with Crippen molar-refractivity contribution < 1.29 is 4.74 Å². The lowest BCUT2D eigenvalue weighted by Gasteiger charge is -2.13. The summed E-state index contributed by atoms with van der Waals surface area (Å²) in [5.74, 6) is 2.35. The summed E-state index contributed by atoms with van der Waals surface area (Å²) in [5, 5.41) is 3.43. The summed E-state index contributed by atoms with van der Waals surface area (Å²) in [4.78, 5) is 13.3. The maximum absolute atomic E-state index is 5.92. The molecule has 5 nitrogen and oxygen atoms in total. The van der Waals surface area contributed by atoms with E-state index in [2.05, 4.69) is 32.4 Å². The number of rotatable bonds is 7. The van der Waals surface area contributed by atoms with Crippen LogP contribution in [-0.2, 0) is 13.2 Å². The van der Waals surface area contributed by atoms with Gasteiger partial charge in [0.05, 0.1) is 0 Å². The molecule has 1 N–H and O–H groups in total. The lowest BCUT2D eigenvalue weighted by Crippen LogP contribution is -2.07.